The van der Waals surface area contributed by atoms with Crippen molar-refractivity contribution in [3.63, 3.8) is 0 Å². The zero-order valence-corrected chi connectivity index (χ0v) is 8.87. The SMILES string of the molecule is Cc1ccc2c(c1)OC(C)(C)C[C@@H]2O. The molecule has 76 valence electrons. The molecule has 1 heterocycles. The van der Waals surface area contributed by atoms with Gasteiger partial charge in [0.05, 0.1) is 6.10 Å². The Morgan fingerprint density at radius 3 is 2.86 bits per heavy atom. The first-order valence-electron chi connectivity index (χ1n) is 4.95. The first-order valence-corrected chi connectivity index (χ1v) is 4.95. The van der Waals surface area contributed by atoms with Crippen LogP contribution in [-0.4, -0.2) is 10.7 Å². The summed E-state index contributed by atoms with van der Waals surface area (Å²) in [6.45, 7) is 6.03. The Kier molecular flexibility index (Phi) is 2.04. The van der Waals surface area contributed by atoms with E-state index in [1.165, 1.54) is 0 Å². The second-order valence-electron chi connectivity index (χ2n) is 4.62. The molecule has 1 atom stereocenters. The monoisotopic (exact) mass is 192 g/mol. The van der Waals surface area contributed by atoms with Gasteiger partial charge in [0.15, 0.2) is 0 Å². The van der Waals surface area contributed by atoms with Crippen LogP contribution in [0.2, 0.25) is 0 Å². The fraction of sp³-hybridized carbons (Fsp3) is 0.500. The van der Waals surface area contributed by atoms with Gasteiger partial charge in [-0.05, 0) is 32.4 Å². The summed E-state index contributed by atoms with van der Waals surface area (Å²) in [6.07, 6.45) is 0.262. The van der Waals surface area contributed by atoms with E-state index in [4.69, 9.17) is 4.74 Å². The predicted molar refractivity (Wildman–Crippen MR) is 55.5 cm³/mol. The minimum absolute atomic E-state index is 0.264. The summed E-state index contributed by atoms with van der Waals surface area (Å²) in [7, 11) is 0. The highest BCUT2D eigenvalue weighted by atomic mass is 16.5. The standard InChI is InChI=1S/C12H16O2/c1-8-4-5-9-10(13)7-12(2,3)14-11(9)6-8/h4-6,10,13H,7H2,1-3H3/t10-/m0/s1. The number of aryl methyl sites for hydroxylation is 1. The van der Waals surface area contributed by atoms with E-state index in [1.807, 2.05) is 39.0 Å². The Hall–Kier alpha value is -1.02. The lowest BCUT2D eigenvalue weighted by molar-refractivity contribution is 0.0115. The Morgan fingerprint density at radius 1 is 1.43 bits per heavy atom. The van der Waals surface area contributed by atoms with E-state index in [0.29, 0.717) is 6.42 Å². The number of hydrogen-bond donors (Lipinski definition) is 1. The first kappa shape index (κ1) is 9.53. The largest absolute Gasteiger partial charge is 0.487 e. The molecule has 0 aliphatic carbocycles. The van der Waals surface area contributed by atoms with E-state index in [-0.39, 0.29) is 5.60 Å². The van der Waals surface area contributed by atoms with Crippen LogP contribution in [-0.2, 0) is 0 Å². The molecule has 0 saturated heterocycles. The summed E-state index contributed by atoms with van der Waals surface area (Å²) >= 11 is 0. The second kappa shape index (κ2) is 2.99. The van der Waals surface area contributed by atoms with Gasteiger partial charge in [0.2, 0.25) is 0 Å². The molecule has 1 N–H and O–H groups in total. The van der Waals surface area contributed by atoms with Crippen LogP contribution in [0.15, 0.2) is 18.2 Å². The quantitative estimate of drug-likeness (QED) is 0.684. The van der Waals surface area contributed by atoms with Crippen molar-refractivity contribution in [1.29, 1.82) is 0 Å². The van der Waals surface area contributed by atoms with Crippen LogP contribution in [0, 0.1) is 6.92 Å². The van der Waals surface area contributed by atoms with Gasteiger partial charge in [-0.2, -0.15) is 0 Å². The summed E-state index contributed by atoms with van der Waals surface area (Å²) < 4.78 is 5.81. The van der Waals surface area contributed by atoms with E-state index >= 15 is 0 Å². The lowest BCUT2D eigenvalue weighted by Gasteiger charge is -2.35. The molecule has 0 radical (unpaired) electrons. The number of fused-ring (bicyclic) bond motifs is 1. The van der Waals surface area contributed by atoms with E-state index in [2.05, 4.69) is 0 Å². The van der Waals surface area contributed by atoms with Crippen LogP contribution < -0.4 is 4.74 Å². The Morgan fingerprint density at radius 2 is 2.14 bits per heavy atom. The van der Waals surface area contributed by atoms with Gasteiger partial charge in [0.1, 0.15) is 11.4 Å². The predicted octanol–water partition coefficient (Wildman–Crippen LogP) is 2.59. The summed E-state index contributed by atoms with van der Waals surface area (Å²) in [5.74, 6) is 0.828. The average molecular weight is 192 g/mol. The van der Waals surface area contributed by atoms with Crippen LogP contribution in [0.4, 0.5) is 0 Å². The fourth-order valence-corrected chi connectivity index (χ4v) is 1.92. The van der Waals surface area contributed by atoms with Gasteiger partial charge < -0.3 is 9.84 Å². The fourth-order valence-electron chi connectivity index (χ4n) is 1.92. The molecule has 0 spiro atoms. The maximum Gasteiger partial charge on any atom is 0.126 e. The molecule has 0 bridgehead atoms. The maximum atomic E-state index is 9.91. The molecular weight excluding hydrogens is 176 g/mol. The van der Waals surface area contributed by atoms with Crippen LogP contribution in [0.5, 0.6) is 5.75 Å². The number of hydrogen-bond acceptors (Lipinski definition) is 2. The van der Waals surface area contributed by atoms with Crippen LogP contribution in [0.25, 0.3) is 0 Å². The molecule has 2 rings (SSSR count). The molecule has 1 aromatic carbocycles. The van der Waals surface area contributed by atoms with Crippen molar-refractivity contribution >= 4 is 0 Å². The van der Waals surface area contributed by atoms with Crippen LogP contribution >= 0.6 is 0 Å². The van der Waals surface area contributed by atoms with Gasteiger partial charge >= 0.3 is 0 Å². The van der Waals surface area contributed by atoms with Crippen molar-refractivity contribution < 1.29 is 9.84 Å². The number of aliphatic hydroxyl groups excluding tert-OH is 1. The molecule has 1 aliphatic heterocycles. The van der Waals surface area contributed by atoms with E-state index in [0.717, 1.165) is 16.9 Å². The van der Waals surface area contributed by atoms with Gasteiger partial charge in [0.25, 0.3) is 0 Å². The van der Waals surface area contributed by atoms with Gasteiger partial charge in [-0.1, -0.05) is 12.1 Å². The zero-order valence-electron chi connectivity index (χ0n) is 8.87. The number of benzene rings is 1. The minimum Gasteiger partial charge on any atom is -0.487 e. The molecule has 2 heteroatoms. The maximum absolute atomic E-state index is 9.91. The lowest BCUT2D eigenvalue weighted by atomic mass is 9.91. The van der Waals surface area contributed by atoms with Crippen molar-refractivity contribution in [3.8, 4) is 5.75 Å². The van der Waals surface area contributed by atoms with Gasteiger partial charge in [-0.15, -0.1) is 0 Å². The highest BCUT2D eigenvalue weighted by Gasteiger charge is 2.32. The molecule has 14 heavy (non-hydrogen) atoms. The molecule has 0 amide bonds. The van der Waals surface area contributed by atoms with Crippen LogP contribution in [0.1, 0.15) is 37.5 Å². The van der Waals surface area contributed by atoms with Crippen molar-refractivity contribution in [1.82, 2.24) is 0 Å². The third-order valence-electron chi connectivity index (χ3n) is 2.60. The van der Waals surface area contributed by atoms with Crippen molar-refractivity contribution in [2.45, 2.75) is 38.9 Å². The number of aliphatic hydroxyl groups is 1. The van der Waals surface area contributed by atoms with Crippen molar-refractivity contribution in [3.05, 3.63) is 29.3 Å². The molecule has 0 fully saturated rings. The number of rotatable bonds is 0. The highest BCUT2D eigenvalue weighted by molar-refractivity contribution is 5.40. The summed E-state index contributed by atoms with van der Waals surface area (Å²) in [5.41, 5.74) is 1.81. The molecule has 0 saturated carbocycles. The average Bonchev–Trinajstić information content (AvgIpc) is 2.00. The lowest BCUT2D eigenvalue weighted by Crippen LogP contribution is -2.34. The Labute approximate surface area is 84.5 Å². The third kappa shape index (κ3) is 1.62. The van der Waals surface area contributed by atoms with Gasteiger partial charge in [-0.25, -0.2) is 0 Å². The van der Waals surface area contributed by atoms with E-state index < -0.39 is 6.10 Å². The summed E-state index contributed by atoms with van der Waals surface area (Å²) in [5, 5.41) is 9.91. The minimum atomic E-state index is -0.394. The summed E-state index contributed by atoms with van der Waals surface area (Å²) in [4.78, 5) is 0. The molecule has 0 aromatic heterocycles. The zero-order chi connectivity index (χ0) is 10.3. The number of ether oxygens (including phenoxy) is 1. The molecular formula is C12H16O2. The highest BCUT2D eigenvalue weighted by Crippen LogP contribution is 2.39. The molecule has 0 unspecified atom stereocenters. The molecule has 1 aromatic rings. The second-order valence-corrected chi connectivity index (χ2v) is 4.62. The molecule has 1 aliphatic rings. The van der Waals surface area contributed by atoms with Crippen molar-refractivity contribution in [2.75, 3.05) is 0 Å². The van der Waals surface area contributed by atoms with E-state index in [9.17, 15) is 5.11 Å². The first-order chi connectivity index (χ1) is 6.48. The van der Waals surface area contributed by atoms with Crippen molar-refractivity contribution in [2.24, 2.45) is 0 Å². The Balaban J connectivity index is 2.46. The van der Waals surface area contributed by atoms with Gasteiger partial charge in [0, 0.05) is 12.0 Å². The normalized spacial score (nSPS) is 23.9. The van der Waals surface area contributed by atoms with Crippen LogP contribution in [0.3, 0.4) is 0 Å². The molecule has 2 nitrogen and oxygen atoms in total. The van der Waals surface area contributed by atoms with E-state index in [1.54, 1.807) is 0 Å². The smallest absolute Gasteiger partial charge is 0.126 e. The van der Waals surface area contributed by atoms with Gasteiger partial charge in [-0.3, -0.25) is 0 Å². The topological polar surface area (TPSA) is 29.5 Å². The Bertz CT molecular complexity index is 355. The third-order valence-corrected chi connectivity index (χ3v) is 2.60. The summed E-state index contributed by atoms with van der Waals surface area (Å²) in [6, 6.07) is 5.94.